The second-order valence-corrected chi connectivity index (χ2v) is 9.71. The lowest BCUT2D eigenvalue weighted by Crippen LogP contribution is -2.35. The van der Waals surface area contributed by atoms with Gasteiger partial charge in [0.05, 0.1) is 21.9 Å². The Labute approximate surface area is 197 Å². The fourth-order valence-electron chi connectivity index (χ4n) is 4.04. The zero-order valence-electron chi connectivity index (χ0n) is 18.9. The molecule has 1 amide bonds. The minimum atomic E-state index is 0.196. The number of nitrogens with one attached hydrogen (secondary N) is 3. The van der Waals surface area contributed by atoms with Gasteiger partial charge in [0.25, 0.3) is 0 Å². The van der Waals surface area contributed by atoms with E-state index in [1.165, 1.54) is 6.42 Å². The monoisotopic (exact) mass is 504 g/mol. The predicted octanol–water partition coefficient (Wildman–Crippen LogP) is 3.47. The number of halogens is 1. The van der Waals surface area contributed by atoms with E-state index < -0.39 is 0 Å². The summed E-state index contributed by atoms with van der Waals surface area (Å²) >= 11 is 3.51. The first-order chi connectivity index (χ1) is 15.5. The summed E-state index contributed by atoms with van der Waals surface area (Å²) in [6.45, 7) is 5.59. The van der Waals surface area contributed by atoms with Crippen molar-refractivity contribution in [2.45, 2.75) is 51.5 Å². The van der Waals surface area contributed by atoms with Crippen LogP contribution < -0.4 is 16.0 Å². The van der Waals surface area contributed by atoms with Gasteiger partial charge in [-0.05, 0) is 75.1 Å². The zero-order valence-corrected chi connectivity index (χ0v) is 20.5. The number of aromatic nitrogens is 4. The molecule has 0 atom stereocenters. The van der Waals surface area contributed by atoms with Crippen molar-refractivity contribution in [1.29, 1.82) is 0 Å². The Morgan fingerprint density at radius 3 is 2.72 bits per heavy atom. The minimum absolute atomic E-state index is 0.196. The third-order valence-corrected chi connectivity index (χ3v) is 6.97. The number of carbonyl (C=O) groups is 1. The van der Waals surface area contributed by atoms with E-state index in [-0.39, 0.29) is 11.8 Å². The van der Waals surface area contributed by atoms with Gasteiger partial charge in [0.2, 0.25) is 11.9 Å². The Hall–Kier alpha value is -2.20. The van der Waals surface area contributed by atoms with Gasteiger partial charge >= 0.3 is 0 Å². The maximum atomic E-state index is 11.9. The van der Waals surface area contributed by atoms with Crippen LogP contribution in [0.5, 0.6) is 0 Å². The molecule has 9 nitrogen and oxygen atoms in total. The standard InChI is InChI=1S/C22H33BrN8O/c1-15-19(14-31(29-15)17-7-11-30(2)12-8-17)27-22-26-13-18(23)20(28-22)24-9-4-10-25-21(32)16-5-3-6-16/h13-14,16-17H,3-12H2,1-2H3,(H,25,32)(H2,24,26,27,28). The highest BCUT2D eigenvalue weighted by Crippen LogP contribution is 2.27. The van der Waals surface area contributed by atoms with E-state index in [1.54, 1.807) is 6.20 Å². The first-order valence-electron chi connectivity index (χ1n) is 11.5. The minimum Gasteiger partial charge on any atom is -0.369 e. The largest absolute Gasteiger partial charge is 0.369 e. The molecule has 1 aliphatic heterocycles. The molecule has 1 aliphatic carbocycles. The molecule has 2 aromatic rings. The number of carbonyl (C=O) groups excluding carboxylic acids is 1. The van der Waals surface area contributed by atoms with Crippen molar-refractivity contribution >= 4 is 39.3 Å². The van der Waals surface area contributed by atoms with E-state index in [1.807, 2.05) is 6.92 Å². The van der Waals surface area contributed by atoms with Crippen LogP contribution in [0, 0.1) is 12.8 Å². The summed E-state index contributed by atoms with van der Waals surface area (Å²) in [4.78, 5) is 23.3. The number of nitrogens with zero attached hydrogens (tertiary/aromatic N) is 5. The number of hydrogen-bond donors (Lipinski definition) is 3. The van der Waals surface area contributed by atoms with Crippen LogP contribution in [0.15, 0.2) is 16.9 Å². The van der Waals surface area contributed by atoms with Crippen molar-refractivity contribution in [1.82, 2.24) is 30.0 Å². The van der Waals surface area contributed by atoms with Gasteiger partial charge in [-0.3, -0.25) is 9.48 Å². The summed E-state index contributed by atoms with van der Waals surface area (Å²) in [5.74, 6) is 1.69. The van der Waals surface area contributed by atoms with Gasteiger partial charge < -0.3 is 20.9 Å². The van der Waals surface area contributed by atoms with Crippen molar-refractivity contribution in [3.05, 3.63) is 22.6 Å². The molecule has 0 bridgehead atoms. The molecule has 4 rings (SSSR count). The Morgan fingerprint density at radius 2 is 2.00 bits per heavy atom. The fraction of sp³-hybridized carbons (Fsp3) is 0.636. The molecule has 2 fully saturated rings. The molecule has 10 heteroatoms. The second-order valence-electron chi connectivity index (χ2n) is 8.86. The van der Waals surface area contributed by atoms with Crippen LogP contribution in [-0.2, 0) is 4.79 Å². The molecule has 174 valence electrons. The quantitative estimate of drug-likeness (QED) is 0.449. The number of anilines is 3. The molecule has 0 spiro atoms. The fourth-order valence-corrected chi connectivity index (χ4v) is 4.38. The lowest BCUT2D eigenvalue weighted by Gasteiger charge is -2.28. The highest BCUT2D eigenvalue weighted by molar-refractivity contribution is 9.10. The highest BCUT2D eigenvalue weighted by Gasteiger charge is 2.24. The normalized spacial score (nSPS) is 17.7. The number of piperidine rings is 1. The smallest absolute Gasteiger partial charge is 0.229 e. The maximum Gasteiger partial charge on any atom is 0.229 e. The first-order valence-corrected chi connectivity index (χ1v) is 12.3. The Morgan fingerprint density at radius 1 is 1.22 bits per heavy atom. The molecule has 1 saturated carbocycles. The molecule has 3 heterocycles. The van der Waals surface area contributed by atoms with Gasteiger partial charge in [-0.2, -0.15) is 10.1 Å². The Bertz CT molecular complexity index is 921. The van der Waals surface area contributed by atoms with E-state index in [0.717, 1.165) is 66.9 Å². The topological polar surface area (TPSA) is 100 Å². The molecule has 2 aliphatic rings. The van der Waals surface area contributed by atoms with Crippen LogP contribution in [0.25, 0.3) is 0 Å². The SMILES string of the molecule is Cc1nn(C2CCN(C)CC2)cc1Nc1ncc(Br)c(NCCCNC(=O)C2CCC2)n1. The zero-order chi connectivity index (χ0) is 22.5. The van der Waals surface area contributed by atoms with Crippen LogP contribution >= 0.6 is 15.9 Å². The maximum absolute atomic E-state index is 11.9. The third kappa shape index (κ3) is 5.78. The van der Waals surface area contributed by atoms with Crippen molar-refractivity contribution < 1.29 is 4.79 Å². The van der Waals surface area contributed by atoms with Crippen molar-refractivity contribution in [3.8, 4) is 0 Å². The summed E-state index contributed by atoms with van der Waals surface area (Å²) in [6, 6.07) is 0.438. The lowest BCUT2D eigenvalue weighted by atomic mass is 9.85. The summed E-state index contributed by atoms with van der Waals surface area (Å²) in [7, 11) is 2.17. The Kier molecular flexibility index (Phi) is 7.62. The molecular formula is C22H33BrN8O. The van der Waals surface area contributed by atoms with Gasteiger partial charge in [-0.15, -0.1) is 0 Å². The average molecular weight is 505 g/mol. The summed E-state index contributed by atoms with van der Waals surface area (Å²) in [5, 5.41) is 14.4. The van der Waals surface area contributed by atoms with E-state index in [9.17, 15) is 4.79 Å². The van der Waals surface area contributed by atoms with Crippen LogP contribution in [0.3, 0.4) is 0 Å². The number of aryl methyl sites for hydroxylation is 1. The van der Waals surface area contributed by atoms with E-state index in [2.05, 4.69) is 64.7 Å². The molecular weight excluding hydrogens is 472 g/mol. The number of hydrogen-bond acceptors (Lipinski definition) is 7. The molecule has 2 aromatic heterocycles. The van der Waals surface area contributed by atoms with Gasteiger partial charge in [0, 0.05) is 31.4 Å². The van der Waals surface area contributed by atoms with Crippen molar-refractivity contribution in [3.63, 3.8) is 0 Å². The number of rotatable bonds is 9. The van der Waals surface area contributed by atoms with Crippen LogP contribution in [0.2, 0.25) is 0 Å². The van der Waals surface area contributed by atoms with Gasteiger partial charge in [0.15, 0.2) is 0 Å². The molecule has 1 saturated heterocycles. The van der Waals surface area contributed by atoms with Gasteiger partial charge in [0.1, 0.15) is 5.82 Å². The summed E-state index contributed by atoms with van der Waals surface area (Å²) < 4.78 is 2.89. The van der Waals surface area contributed by atoms with E-state index in [4.69, 9.17) is 5.10 Å². The summed E-state index contributed by atoms with van der Waals surface area (Å²) in [5.41, 5.74) is 1.86. The third-order valence-electron chi connectivity index (χ3n) is 6.39. The average Bonchev–Trinajstić information content (AvgIpc) is 3.09. The van der Waals surface area contributed by atoms with Crippen molar-refractivity contribution in [2.24, 2.45) is 5.92 Å². The lowest BCUT2D eigenvalue weighted by molar-refractivity contribution is -0.127. The van der Waals surface area contributed by atoms with E-state index in [0.29, 0.717) is 25.1 Å². The highest BCUT2D eigenvalue weighted by atomic mass is 79.9. The number of likely N-dealkylation sites (tertiary alicyclic amines) is 1. The molecule has 32 heavy (non-hydrogen) atoms. The van der Waals surface area contributed by atoms with Crippen LogP contribution in [-0.4, -0.2) is 63.8 Å². The molecule has 0 radical (unpaired) electrons. The second kappa shape index (κ2) is 10.6. The predicted molar refractivity (Wildman–Crippen MR) is 129 cm³/mol. The van der Waals surface area contributed by atoms with Crippen LogP contribution in [0.1, 0.15) is 50.3 Å². The first kappa shape index (κ1) is 23.0. The van der Waals surface area contributed by atoms with E-state index >= 15 is 0 Å². The number of amides is 1. The molecule has 0 unspecified atom stereocenters. The molecule has 0 aromatic carbocycles. The van der Waals surface area contributed by atoms with Crippen molar-refractivity contribution in [2.75, 3.05) is 43.9 Å². The van der Waals surface area contributed by atoms with Gasteiger partial charge in [-0.25, -0.2) is 4.98 Å². The molecule has 3 N–H and O–H groups in total. The Balaban J connectivity index is 1.29. The van der Waals surface area contributed by atoms with Crippen LogP contribution in [0.4, 0.5) is 17.5 Å². The van der Waals surface area contributed by atoms with Gasteiger partial charge in [-0.1, -0.05) is 6.42 Å². The summed E-state index contributed by atoms with van der Waals surface area (Å²) in [6.07, 6.45) is 10.1.